The Kier molecular flexibility index (Phi) is 6.40. The van der Waals surface area contributed by atoms with Crippen LogP contribution in [0.3, 0.4) is 0 Å². The summed E-state index contributed by atoms with van der Waals surface area (Å²) in [6.45, 7) is 1.76. The van der Waals surface area contributed by atoms with Crippen LogP contribution in [0.15, 0.2) is 65.0 Å². The molecule has 2 aromatic carbocycles. The Balaban J connectivity index is 1.65. The number of nitrogens with zero attached hydrogens (tertiary/aromatic N) is 4. The molecule has 0 saturated carbocycles. The number of carbonyl (C=O) groups excluding carboxylic acids is 1. The number of fused-ring (bicyclic) bond motifs is 1. The van der Waals surface area contributed by atoms with Crippen molar-refractivity contribution in [2.75, 3.05) is 18.1 Å². The third-order valence-electron chi connectivity index (χ3n) is 5.68. The van der Waals surface area contributed by atoms with E-state index in [1.165, 1.54) is 15.9 Å². The summed E-state index contributed by atoms with van der Waals surface area (Å²) < 4.78 is 1.50. The van der Waals surface area contributed by atoms with Gasteiger partial charge < -0.3 is 16.4 Å². The Morgan fingerprint density at radius 2 is 1.97 bits per heavy atom. The number of amides is 1. The molecule has 5 N–H and O–H groups in total. The van der Waals surface area contributed by atoms with E-state index in [1.807, 2.05) is 30.3 Å². The highest BCUT2D eigenvalue weighted by atomic mass is 32.1. The Morgan fingerprint density at radius 1 is 1.16 bits per heavy atom. The lowest BCUT2D eigenvalue weighted by Crippen LogP contribution is -2.33. The van der Waals surface area contributed by atoms with Crippen molar-refractivity contribution in [3.05, 3.63) is 92.4 Å². The van der Waals surface area contributed by atoms with Gasteiger partial charge in [-0.3, -0.25) is 24.2 Å². The van der Waals surface area contributed by atoms with Gasteiger partial charge in [0, 0.05) is 12.6 Å². The third kappa shape index (κ3) is 4.53. The summed E-state index contributed by atoms with van der Waals surface area (Å²) in [5.74, 6) is 6.50. The van der Waals surface area contributed by atoms with Crippen LogP contribution in [0, 0.1) is 11.8 Å². The van der Waals surface area contributed by atoms with Gasteiger partial charge in [-0.2, -0.15) is 5.10 Å². The molecule has 0 bridgehead atoms. The van der Waals surface area contributed by atoms with Gasteiger partial charge in [0.05, 0.1) is 39.2 Å². The zero-order chi connectivity index (χ0) is 25.9. The molecule has 0 spiro atoms. The lowest BCUT2D eigenvalue weighted by molar-refractivity contribution is 0.0939. The summed E-state index contributed by atoms with van der Waals surface area (Å²) >= 11 is 1.42. The number of aromatic nitrogens is 5. The normalized spacial score (nSPS) is 11.5. The molecule has 0 aliphatic heterocycles. The van der Waals surface area contributed by atoms with Crippen molar-refractivity contribution >= 4 is 39.8 Å². The van der Waals surface area contributed by atoms with Crippen LogP contribution in [0.5, 0.6) is 0 Å². The van der Waals surface area contributed by atoms with Crippen molar-refractivity contribution < 1.29 is 4.79 Å². The molecule has 3 heterocycles. The average Bonchev–Trinajstić information content (AvgIpc) is 3.57. The first-order valence-corrected chi connectivity index (χ1v) is 12.2. The lowest BCUT2D eigenvalue weighted by Gasteiger charge is -2.20. The van der Waals surface area contributed by atoms with E-state index >= 15 is 0 Å². The summed E-state index contributed by atoms with van der Waals surface area (Å²) in [6.07, 6.45) is 1.68. The van der Waals surface area contributed by atoms with Crippen molar-refractivity contribution in [2.45, 2.75) is 13.0 Å². The van der Waals surface area contributed by atoms with Crippen molar-refractivity contribution in [2.24, 2.45) is 0 Å². The van der Waals surface area contributed by atoms with E-state index in [0.717, 1.165) is 4.88 Å². The summed E-state index contributed by atoms with van der Waals surface area (Å²) in [6, 6.07) is 13.8. The number of benzene rings is 2. The van der Waals surface area contributed by atoms with Crippen molar-refractivity contribution in [3.63, 3.8) is 0 Å². The summed E-state index contributed by atoms with van der Waals surface area (Å²) in [7, 11) is 1.64. The number of nitrogens with one attached hydrogen (secondary N) is 3. The van der Waals surface area contributed by atoms with E-state index in [0.29, 0.717) is 33.8 Å². The molecule has 1 atom stereocenters. The van der Waals surface area contributed by atoms with Gasteiger partial charge in [-0.15, -0.1) is 11.3 Å². The zero-order valence-corrected chi connectivity index (χ0v) is 20.8. The van der Waals surface area contributed by atoms with Crippen LogP contribution in [0.25, 0.3) is 16.6 Å². The smallest absolute Gasteiger partial charge is 0.267 e. The second-order valence-corrected chi connectivity index (χ2v) is 8.95. The number of nitrogens with two attached hydrogens (primary N) is 1. The van der Waals surface area contributed by atoms with Gasteiger partial charge in [0.15, 0.2) is 5.82 Å². The predicted molar refractivity (Wildman–Crippen MR) is 144 cm³/mol. The molecule has 37 heavy (non-hydrogen) atoms. The maximum Gasteiger partial charge on any atom is 0.267 e. The fraction of sp³-hybridized carbons (Fsp3) is 0.115. The maximum atomic E-state index is 14.0. The van der Waals surface area contributed by atoms with E-state index in [2.05, 4.69) is 37.7 Å². The second kappa shape index (κ2) is 9.96. The minimum atomic E-state index is -0.657. The van der Waals surface area contributed by atoms with Crippen LogP contribution in [0.1, 0.15) is 39.6 Å². The van der Waals surface area contributed by atoms with Gasteiger partial charge in [-0.25, -0.2) is 4.98 Å². The van der Waals surface area contributed by atoms with E-state index in [-0.39, 0.29) is 16.9 Å². The molecule has 0 unspecified atom stereocenters. The van der Waals surface area contributed by atoms with Crippen LogP contribution in [0.2, 0.25) is 0 Å². The van der Waals surface area contributed by atoms with Gasteiger partial charge in [-0.05, 0) is 37.1 Å². The van der Waals surface area contributed by atoms with Crippen molar-refractivity contribution in [1.29, 1.82) is 0 Å². The minimum Gasteiger partial charge on any atom is -0.383 e. The number of hydrogen-bond donors (Lipinski definition) is 4. The molecule has 1 amide bonds. The molecule has 3 aromatic heterocycles. The zero-order valence-electron chi connectivity index (χ0n) is 19.9. The number of rotatable bonds is 5. The van der Waals surface area contributed by atoms with E-state index in [4.69, 9.17) is 10.7 Å². The number of nitrogen functional groups attached to an aromatic ring is 1. The monoisotopic (exact) mass is 510 g/mol. The van der Waals surface area contributed by atoms with E-state index in [1.54, 1.807) is 43.9 Å². The molecule has 0 aliphatic rings. The molecule has 0 fully saturated rings. The van der Waals surface area contributed by atoms with Crippen molar-refractivity contribution in [3.8, 4) is 17.5 Å². The molecule has 0 aliphatic carbocycles. The number of para-hydroxylation sites is 1. The molecule has 184 valence electrons. The Hall–Kier alpha value is -4.95. The number of anilines is 2. The number of thiazole rings is 1. The van der Waals surface area contributed by atoms with Gasteiger partial charge in [0.25, 0.3) is 11.5 Å². The predicted octanol–water partition coefficient (Wildman–Crippen LogP) is 3.08. The number of carbonyl (C=O) groups is 1. The molecular weight excluding hydrogens is 488 g/mol. The number of hydrogen-bond acceptors (Lipinski definition) is 8. The molecular formula is C26H22N8O2S. The molecule has 11 heteroatoms. The first kappa shape index (κ1) is 23.8. The molecule has 5 aromatic rings. The number of H-pyrrole nitrogens is 1. The minimum absolute atomic E-state index is 0.130. The van der Waals surface area contributed by atoms with E-state index in [9.17, 15) is 9.59 Å². The fourth-order valence-electron chi connectivity index (χ4n) is 3.97. The molecule has 5 rings (SSSR count). The van der Waals surface area contributed by atoms with Crippen LogP contribution >= 0.6 is 11.3 Å². The highest BCUT2D eigenvalue weighted by Crippen LogP contribution is 2.23. The molecule has 0 radical (unpaired) electrons. The van der Waals surface area contributed by atoms with Crippen LogP contribution in [0.4, 0.5) is 11.6 Å². The molecule has 0 saturated heterocycles. The standard InChI is InChI=1S/C26H22N8O2S/c1-15(30-25(35)21-22(27)32-33-23(21)28-2)24-31-19-10-6-7-16(11-12-18-13-29-14-37-18)20(19)26(36)34(24)17-8-4-3-5-9-17/h3-10,13-15H,1-2H3,(H,30,35)(H4,27,28,32,33)/t15-/m0/s1. The summed E-state index contributed by atoms with van der Waals surface area (Å²) in [5.41, 5.74) is 9.17. The van der Waals surface area contributed by atoms with Crippen molar-refractivity contribution in [1.82, 2.24) is 30.0 Å². The van der Waals surface area contributed by atoms with Crippen LogP contribution in [-0.2, 0) is 0 Å². The highest BCUT2D eigenvalue weighted by Gasteiger charge is 2.24. The quantitative estimate of drug-likeness (QED) is 0.266. The van der Waals surface area contributed by atoms with E-state index < -0.39 is 11.9 Å². The second-order valence-electron chi connectivity index (χ2n) is 8.07. The molecule has 10 nitrogen and oxygen atoms in total. The SMILES string of the molecule is CNc1n[nH]c(N)c1C(=O)N[C@@H](C)c1nc2cccc(C#Cc3cncs3)c2c(=O)n1-c1ccccc1. The average molecular weight is 511 g/mol. The first-order valence-electron chi connectivity index (χ1n) is 11.3. The first-order chi connectivity index (χ1) is 18.0. The van der Waals surface area contributed by atoms with Gasteiger partial charge in [-0.1, -0.05) is 30.2 Å². The topological polar surface area (TPSA) is 144 Å². The van der Waals surface area contributed by atoms with Gasteiger partial charge in [0.1, 0.15) is 17.2 Å². The van der Waals surface area contributed by atoms with Crippen LogP contribution in [-0.4, -0.2) is 37.7 Å². The lowest BCUT2D eigenvalue weighted by atomic mass is 10.1. The maximum absolute atomic E-state index is 14.0. The summed E-state index contributed by atoms with van der Waals surface area (Å²) in [5, 5.41) is 12.7. The largest absolute Gasteiger partial charge is 0.383 e. The Morgan fingerprint density at radius 3 is 2.70 bits per heavy atom. The summed E-state index contributed by atoms with van der Waals surface area (Å²) in [4.78, 5) is 36.8. The Labute approximate surface area is 215 Å². The third-order valence-corrected chi connectivity index (χ3v) is 6.37. The fourth-order valence-corrected chi connectivity index (χ4v) is 4.44. The van der Waals surface area contributed by atoms with Gasteiger partial charge >= 0.3 is 0 Å². The highest BCUT2D eigenvalue weighted by molar-refractivity contribution is 7.10. The number of aromatic amines is 1. The Bertz CT molecular complexity index is 1710. The van der Waals surface area contributed by atoms with Gasteiger partial charge in [0.2, 0.25) is 0 Å². The van der Waals surface area contributed by atoms with Crippen LogP contribution < -0.4 is 21.9 Å².